The number of hydrogen-bond donors (Lipinski definition) is 2. The van der Waals surface area contributed by atoms with Gasteiger partial charge in [-0.1, -0.05) is 26.1 Å². The largest absolute Gasteiger partial charge is 0.388 e. The van der Waals surface area contributed by atoms with Crippen LogP contribution in [0.4, 0.5) is 5.82 Å². The summed E-state index contributed by atoms with van der Waals surface area (Å²) in [5.41, 5.74) is 6.54. The minimum atomic E-state index is 0.286. The van der Waals surface area contributed by atoms with Crippen LogP contribution in [0.2, 0.25) is 0 Å². The summed E-state index contributed by atoms with van der Waals surface area (Å²) in [6.07, 6.45) is 8.20. The molecule has 0 atom stereocenters. The zero-order valence-electron chi connectivity index (χ0n) is 10.9. The van der Waals surface area contributed by atoms with Crippen LogP contribution in [0, 0.1) is 5.41 Å². The van der Waals surface area contributed by atoms with E-state index in [9.17, 15) is 0 Å². The number of thiocarbonyl (C=S) groups is 1. The number of aromatic nitrogens is 2. The lowest BCUT2D eigenvalue weighted by atomic mass is 9.75. The van der Waals surface area contributed by atoms with Crippen molar-refractivity contribution in [2.75, 3.05) is 5.32 Å². The Balaban J connectivity index is 1.92. The van der Waals surface area contributed by atoms with Gasteiger partial charge in [-0.3, -0.25) is 0 Å². The number of nitrogens with two attached hydrogens (primary N) is 1. The maximum atomic E-state index is 5.49. The van der Waals surface area contributed by atoms with Gasteiger partial charge in [-0.05, 0) is 31.1 Å². The summed E-state index contributed by atoms with van der Waals surface area (Å²) in [6.45, 7) is 4.67. The summed E-state index contributed by atoms with van der Waals surface area (Å²) in [4.78, 5) is 8.76. The van der Waals surface area contributed by atoms with Crippen LogP contribution in [0.3, 0.4) is 0 Å². The van der Waals surface area contributed by atoms with Gasteiger partial charge in [-0.25, -0.2) is 9.97 Å². The zero-order valence-corrected chi connectivity index (χ0v) is 11.8. The van der Waals surface area contributed by atoms with E-state index >= 15 is 0 Å². The Hall–Kier alpha value is -1.23. The molecule has 98 valence electrons. The van der Waals surface area contributed by atoms with Gasteiger partial charge in [-0.2, -0.15) is 0 Å². The summed E-state index contributed by atoms with van der Waals surface area (Å²) in [6, 6.07) is 0.503. The Morgan fingerprint density at radius 1 is 1.33 bits per heavy atom. The Bertz CT molecular complexity index is 417. The first kappa shape index (κ1) is 13.2. The molecule has 1 saturated carbocycles. The predicted molar refractivity (Wildman–Crippen MR) is 77.6 cm³/mol. The normalized spacial score (nSPS) is 19.4. The van der Waals surface area contributed by atoms with Crippen molar-refractivity contribution in [3.05, 3.63) is 18.1 Å². The van der Waals surface area contributed by atoms with Gasteiger partial charge in [0.2, 0.25) is 0 Å². The van der Waals surface area contributed by atoms with E-state index in [0.29, 0.717) is 17.2 Å². The fourth-order valence-electron chi connectivity index (χ4n) is 2.28. The zero-order chi connectivity index (χ0) is 13.2. The van der Waals surface area contributed by atoms with Crippen molar-refractivity contribution in [1.29, 1.82) is 0 Å². The molecule has 4 nitrogen and oxygen atoms in total. The smallest absolute Gasteiger partial charge is 0.144 e. The molecule has 5 heteroatoms. The molecule has 0 bridgehead atoms. The van der Waals surface area contributed by atoms with Crippen LogP contribution in [0.25, 0.3) is 0 Å². The molecule has 0 radical (unpaired) electrons. The molecule has 3 N–H and O–H groups in total. The Kier molecular flexibility index (Phi) is 3.80. The van der Waals surface area contributed by atoms with Crippen LogP contribution in [0.1, 0.15) is 45.2 Å². The van der Waals surface area contributed by atoms with Crippen molar-refractivity contribution < 1.29 is 0 Å². The average molecular weight is 264 g/mol. The van der Waals surface area contributed by atoms with Crippen LogP contribution in [0.5, 0.6) is 0 Å². The number of anilines is 1. The van der Waals surface area contributed by atoms with E-state index in [2.05, 4.69) is 29.1 Å². The predicted octanol–water partition coefficient (Wildman–Crippen LogP) is 2.49. The molecule has 0 aliphatic heterocycles. The SMILES string of the molecule is CC1(C)CCC(Nc2cnc(C(N)=S)cn2)CC1. The summed E-state index contributed by atoms with van der Waals surface area (Å²) in [5.74, 6) is 0.805. The van der Waals surface area contributed by atoms with Crippen LogP contribution < -0.4 is 11.1 Å². The number of hydrogen-bond acceptors (Lipinski definition) is 4. The molecule has 0 amide bonds. The fourth-order valence-corrected chi connectivity index (χ4v) is 2.39. The maximum Gasteiger partial charge on any atom is 0.144 e. The molecule has 1 heterocycles. The highest BCUT2D eigenvalue weighted by Crippen LogP contribution is 2.35. The van der Waals surface area contributed by atoms with E-state index in [1.807, 2.05) is 0 Å². The lowest BCUT2D eigenvalue weighted by molar-refractivity contribution is 0.232. The van der Waals surface area contributed by atoms with E-state index < -0.39 is 0 Å². The standard InChI is InChI=1S/C13H20N4S/c1-13(2)5-3-9(4-6-13)17-11-8-15-10(7-16-11)12(14)18/h7-9H,3-6H2,1-2H3,(H2,14,18)(H,16,17). The van der Waals surface area contributed by atoms with E-state index in [1.54, 1.807) is 12.4 Å². The van der Waals surface area contributed by atoms with Crippen molar-refractivity contribution in [2.45, 2.75) is 45.6 Å². The average Bonchev–Trinajstić information content (AvgIpc) is 2.33. The van der Waals surface area contributed by atoms with Gasteiger partial charge in [0.1, 0.15) is 16.5 Å². The molecule has 1 aliphatic carbocycles. The first-order valence-corrected chi connectivity index (χ1v) is 6.75. The van der Waals surface area contributed by atoms with Gasteiger partial charge in [-0.15, -0.1) is 0 Å². The van der Waals surface area contributed by atoms with Crippen molar-refractivity contribution in [3.63, 3.8) is 0 Å². The molecule has 0 unspecified atom stereocenters. The van der Waals surface area contributed by atoms with Crippen LogP contribution in [0.15, 0.2) is 12.4 Å². The van der Waals surface area contributed by atoms with Crippen molar-refractivity contribution >= 4 is 23.0 Å². The van der Waals surface area contributed by atoms with Gasteiger partial charge in [0.15, 0.2) is 0 Å². The van der Waals surface area contributed by atoms with Gasteiger partial charge in [0.05, 0.1) is 12.4 Å². The van der Waals surface area contributed by atoms with Crippen LogP contribution in [-0.2, 0) is 0 Å². The highest BCUT2D eigenvalue weighted by Gasteiger charge is 2.26. The Morgan fingerprint density at radius 3 is 2.50 bits per heavy atom. The van der Waals surface area contributed by atoms with E-state index in [0.717, 1.165) is 5.82 Å². The summed E-state index contributed by atoms with van der Waals surface area (Å²) in [7, 11) is 0. The van der Waals surface area contributed by atoms with E-state index in [-0.39, 0.29) is 4.99 Å². The van der Waals surface area contributed by atoms with E-state index in [4.69, 9.17) is 18.0 Å². The van der Waals surface area contributed by atoms with Gasteiger partial charge in [0.25, 0.3) is 0 Å². The summed E-state index contributed by atoms with van der Waals surface area (Å²) >= 11 is 4.85. The number of rotatable bonds is 3. The van der Waals surface area contributed by atoms with Gasteiger partial charge in [0, 0.05) is 6.04 Å². The van der Waals surface area contributed by atoms with Crippen molar-refractivity contribution in [3.8, 4) is 0 Å². The molecule has 2 rings (SSSR count). The molecule has 1 aromatic heterocycles. The van der Waals surface area contributed by atoms with Crippen molar-refractivity contribution in [1.82, 2.24) is 9.97 Å². The molecule has 0 aromatic carbocycles. The molecule has 1 fully saturated rings. The second-order valence-electron chi connectivity index (χ2n) is 5.73. The molecule has 0 spiro atoms. The minimum Gasteiger partial charge on any atom is -0.388 e. The molecular weight excluding hydrogens is 244 g/mol. The first-order valence-electron chi connectivity index (χ1n) is 6.35. The Labute approximate surface area is 113 Å². The topological polar surface area (TPSA) is 63.8 Å². The maximum absolute atomic E-state index is 5.49. The second kappa shape index (κ2) is 5.18. The fraction of sp³-hybridized carbons (Fsp3) is 0.615. The number of nitrogens with one attached hydrogen (secondary N) is 1. The second-order valence-corrected chi connectivity index (χ2v) is 6.17. The molecule has 1 aliphatic rings. The minimum absolute atomic E-state index is 0.286. The highest BCUT2D eigenvalue weighted by atomic mass is 32.1. The van der Waals surface area contributed by atoms with E-state index in [1.165, 1.54) is 25.7 Å². The summed E-state index contributed by atoms with van der Waals surface area (Å²) < 4.78 is 0. The summed E-state index contributed by atoms with van der Waals surface area (Å²) in [5, 5.41) is 3.43. The monoisotopic (exact) mass is 264 g/mol. The third-order valence-electron chi connectivity index (χ3n) is 3.60. The third-order valence-corrected chi connectivity index (χ3v) is 3.80. The highest BCUT2D eigenvalue weighted by molar-refractivity contribution is 7.80. The van der Waals surface area contributed by atoms with Crippen LogP contribution >= 0.6 is 12.2 Å². The molecule has 1 aromatic rings. The van der Waals surface area contributed by atoms with Gasteiger partial charge >= 0.3 is 0 Å². The van der Waals surface area contributed by atoms with Gasteiger partial charge < -0.3 is 11.1 Å². The van der Waals surface area contributed by atoms with Crippen LogP contribution in [-0.4, -0.2) is 21.0 Å². The third kappa shape index (κ3) is 3.38. The molecule has 18 heavy (non-hydrogen) atoms. The molecular formula is C13H20N4S. The molecule has 0 saturated heterocycles. The van der Waals surface area contributed by atoms with Crippen molar-refractivity contribution in [2.24, 2.45) is 11.1 Å². The lowest BCUT2D eigenvalue weighted by Gasteiger charge is -2.34. The quantitative estimate of drug-likeness (QED) is 0.821. The Morgan fingerprint density at radius 2 is 2.00 bits per heavy atom. The first-order chi connectivity index (χ1) is 8.46. The lowest BCUT2D eigenvalue weighted by Crippen LogP contribution is -2.30. The number of nitrogens with zero attached hydrogens (tertiary/aromatic N) is 2.